The Hall–Kier alpha value is -4.67. The third kappa shape index (κ3) is 4.10. The van der Waals surface area contributed by atoms with E-state index in [4.69, 9.17) is 4.42 Å². The van der Waals surface area contributed by atoms with Crippen LogP contribution in [0.25, 0.3) is 22.4 Å². The highest BCUT2D eigenvalue weighted by molar-refractivity contribution is 6.02. The van der Waals surface area contributed by atoms with Gasteiger partial charge in [-0.15, -0.1) is 0 Å². The molecular weight excluding hydrogens is 516 g/mol. The van der Waals surface area contributed by atoms with Gasteiger partial charge in [-0.1, -0.05) is 60.7 Å². The minimum atomic E-state index is -3.30. The molecule has 39 heavy (non-hydrogen) atoms. The number of carbonyl (C=O) groups is 1. The molecule has 1 unspecified atom stereocenters. The first kappa shape index (κ1) is 24.7. The molecule has 1 amide bonds. The van der Waals surface area contributed by atoms with Crippen molar-refractivity contribution < 1.29 is 26.8 Å². The molecule has 2 aromatic heterocycles. The van der Waals surface area contributed by atoms with Crippen LogP contribution in [0.3, 0.4) is 0 Å². The normalized spacial score (nSPS) is 15.8. The minimum absolute atomic E-state index is 0.00664. The third-order valence-corrected chi connectivity index (χ3v) is 6.74. The zero-order valence-electron chi connectivity index (χ0n) is 20.3. The van der Waals surface area contributed by atoms with Gasteiger partial charge in [0.15, 0.2) is 5.58 Å². The van der Waals surface area contributed by atoms with Gasteiger partial charge in [0.25, 0.3) is 17.8 Å². The lowest BCUT2D eigenvalue weighted by Gasteiger charge is -2.29. The fourth-order valence-corrected chi connectivity index (χ4v) is 5.06. The maximum atomic E-state index is 15.2. The molecule has 11 heteroatoms. The van der Waals surface area contributed by atoms with Crippen molar-refractivity contribution in [2.75, 3.05) is 6.54 Å². The molecule has 2 N–H and O–H groups in total. The number of oxazole rings is 1. The number of aromatic nitrogens is 3. The first-order valence-electron chi connectivity index (χ1n) is 12.0. The summed E-state index contributed by atoms with van der Waals surface area (Å²) in [5, 5.41) is 6.91. The molecule has 0 spiro atoms. The molecule has 0 saturated heterocycles. The van der Waals surface area contributed by atoms with Crippen molar-refractivity contribution in [1.29, 1.82) is 0 Å². The van der Waals surface area contributed by atoms with Crippen LogP contribution in [0.5, 0.6) is 0 Å². The maximum absolute atomic E-state index is 15.2. The lowest BCUT2D eigenvalue weighted by Crippen LogP contribution is -2.38. The summed E-state index contributed by atoms with van der Waals surface area (Å²) in [5.74, 6) is -7.94. The molecule has 5 aromatic rings. The highest BCUT2D eigenvalue weighted by atomic mass is 19.3. The van der Waals surface area contributed by atoms with Crippen LogP contribution >= 0.6 is 0 Å². The van der Waals surface area contributed by atoms with E-state index in [1.807, 2.05) is 0 Å². The number of carbonyl (C=O) groups excluding carboxylic acids is 1. The second-order valence-corrected chi connectivity index (χ2v) is 9.53. The second kappa shape index (κ2) is 8.69. The SMILES string of the molecule is CC(F)(F)CN1C(=O)c2[nH]nc(-c3cccc4[nH]c(=O)oc34)c2C1c1ccc(C(F)(F)c2ccccc2)cc1. The van der Waals surface area contributed by atoms with Crippen LogP contribution in [0, 0.1) is 0 Å². The van der Waals surface area contributed by atoms with Gasteiger partial charge in [-0.3, -0.25) is 14.9 Å². The third-order valence-electron chi connectivity index (χ3n) is 6.74. The van der Waals surface area contributed by atoms with Gasteiger partial charge in [0.1, 0.15) is 11.4 Å². The first-order chi connectivity index (χ1) is 18.5. The lowest BCUT2D eigenvalue weighted by atomic mass is 9.93. The van der Waals surface area contributed by atoms with Crippen molar-refractivity contribution in [3.63, 3.8) is 0 Å². The molecular formula is C28H20F4N4O3. The molecule has 1 aliphatic rings. The van der Waals surface area contributed by atoms with E-state index in [2.05, 4.69) is 15.2 Å². The molecule has 0 saturated carbocycles. The minimum Gasteiger partial charge on any atom is -0.407 e. The summed E-state index contributed by atoms with van der Waals surface area (Å²) in [6, 6.07) is 16.4. The van der Waals surface area contributed by atoms with Gasteiger partial charge in [-0.05, 0) is 17.7 Å². The van der Waals surface area contributed by atoms with Crippen LogP contribution in [0.2, 0.25) is 0 Å². The molecule has 1 aliphatic heterocycles. The Labute approximate surface area is 218 Å². The molecule has 7 nitrogen and oxygen atoms in total. The number of nitrogens with one attached hydrogen (secondary N) is 2. The molecule has 3 aromatic carbocycles. The van der Waals surface area contributed by atoms with Gasteiger partial charge in [0.05, 0.1) is 18.1 Å². The van der Waals surface area contributed by atoms with Gasteiger partial charge in [0.2, 0.25) is 0 Å². The number of hydrogen-bond donors (Lipinski definition) is 2. The van der Waals surface area contributed by atoms with E-state index < -0.39 is 36.1 Å². The Morgan fingerprint density at radius 1 is 0.923 bits per heavy atom. The van der Waals surface area contributed by atoms with Crippen LogP contribution in [0.4, 0.5) is 17.6 Å². The van der Waals surface area contributed by atoms with Crippen LogP contribution in [0.15, 0.2) is 82.0 Å². The number of fused-ring (bicyclic) bond motifs is 2. The van der Waals surface area contributed by atoms with Gasteiger partial charge in [-0.25, -0.2) is 13.6 Å². The Morgan fingerprint density at radius 2 is 1.62 bits per heavy atom. The quantitative estimate of drug-likeness (QED) is 0.266. The van der Waals surface area contributed by atoms with Crippen LogP contribution < -0.4 is 5.76 Å². The number of nitrogens with zero attached hydrogens (tertiary/aromatic N) is 2. The Balaban J connectivity index is 1.49. The number of alkyl halides is 4. The molecule has 198 valence electrons. The van der Waals surface area contributed by atoms with Crippen molar-refractivity contribution >= 4 is 17.0 Å². The van der Waals surface area contributed by atoms with E-state index in [0.29, 0.717) is 23.6 Å². The predicted octanol–water partition coefficient (Wildman–Crippen LogP) is 5.85. The standard InChI is InChI=1S/C28H20F4N4O3/c1-27(29,30)14-36-23(15-10-12-17(13-11-15)28(31,32)16-6-3-2-4-7-16)20-21(34-35-22(20)25(36)37)18-8-5-9-19-24(18)39-26(38)33-19/h2-13,23H,14H2,1H3,(H,33,38)(H,34,35). The Bertz CT molecular complexity index is 1750. The lowest BCUT2D eigenvalue weighted by molar-refractivity contribution is -0.0148. The van der Waals surface area contributed by atoms with Crippen molar-refractivity contribution in [2.24, 2.45) is 0 Å². The van der Waals surface area contributed by atoms with Crippen molar-refractivity contribution in [1.82, 2.24) is 20.1 Å². The Kier molecular flexibility index (Phi) is 5.49. The summed E-state index contributed by atoms with van der Waals surface area (Å²) < 4.78 is 64.1. The smallest absolute Gasteiger partial charge is 0.407 e. The number of H-pyrrole nitrogens is 2. The number of benzene rings is 3. The fourth-order valence-electron chi connectivity index (χ4n) is 5.06. The number of hydrogen-bond acceptors (Lipinski definition) is 4. The van der Waals surface area contributed by atoms with Crippen molar-refractivity contribution in [3.8, 4) is 11.3 Å². The highest BCUT2D eigenvalue weighted by Crippen LogP contribution is 2.45. The van der Waals surface area contributed by atoms with E-state index in [1.165, 1.54) is 48.5 Å². The summed E-state index contributed by atoms with van der Waals surface area (Å²) in [6.07, 6.45) is 0. The average molecular weight is 536 g/mol. The van der Waals surface area contributed by atoms with Crippen molar-refractivity contribution in [3.05, 3.63) is 111 Å². The summed E-state index contributed by atoms with van der Waals surface area (Å²) in [5.41, 5.74) is 1.28. The first-order valence-corrected chi connectivity index (χ1v) is 12.0. The van der Waals surface area contributed by atoms with Crippen LogP contribution in [-0.4, -0.2) is 38.5 Å². The van der Waals surface area contributed by atoms with Gasteiger partial charge in [-0.2, -0.15) is 13.9 Å². The summed E-state index contributed by atoms with van der Waals surface area (Å²) in [7, 11) is 0. The molecule has 3 heterocycles. The maximum Gasteiger partial charge on any atom is 0.417 e. The zero-order valence-corrected chi connectivity index (χ0v) is 20.3. The number of para-hydroxylation sites is 1. The molecule has 0 bridgehead atoms. The highest BCUT2D eigenvalue weighted by Gasteiger charge is 2.46. The predicted molar refractivity (Wildman–Crippen MR) is 134 cm³/mol. The fraction of sp³-hybridized carbons (Fsp3) is 0.179. The number of amides is 1. The van der Waals surface area contributed by atoms with E-state index in [-0.39, 0.29) is 33.7 Å². The monoisotopic (exact) mass is 536 g/mol. The van der Waals surface area contributed by atoms with E-state index in [0.717, 1.165) is 4.90 Å². The molecule has 0 fully saturated rings. The van der Waals surface area contributed by atoms with E-state index in [1.54, 1.807) is 24.3 Å². The van der Waals surface area contributed by atoms with E-state index in [9.17, 15) is 18.4 Å². The van der Waals surface area contributed by atoms with E-state index >= 15 is 8.78 Å². The van der Waals surface area contributed by atoms with Gasteiger partial charge in [0, 0.05) is 29.2 Å². The Morgan fingerprint density at radius 3 is 2.31 bits per heavy atom. The van der Waals surface area contributed by atoms with Crippen molar-refractivity contribution in [2.45, 2.75) is 24.8 Å². The number of aromatic amines is 2. The van der Waals surface area contributed by atoms with Gasteiger partial charge < -0.3 is 9.32 Å². The number of halogens is 4. The topological polar surface area (TPSA) is 95.0 Å². The summed E-state index contributed by atoms with van der Waals surface area (Å²) in [6.45, 7) is -0.217. The zero-order chi connectivity index (χ0) is 27.5. The van der Waals surface area contributed by atoms with Gasteiger partial charge >= 0.3 is 5.76 Å². The number of rotatable bonds is 6. The summed E-state index contributed by atoms with van der Waals surface area (Å²) in [4.78, 5) is 28.7. The largest absolute Gasteiger partial charge is 0.417 e. The van der Waals surface area contributed by atoms with Crippen LogP contribution in [0.1, 0.15) is 45.7 Å². The van der Waals surface area contributed by atoms with Crippen LogP contribution in [-0.2, 0) is 5.92 Å². The summed E-state index contributed by atoms with van der Waals surface area (Å²) >= 11 is 0. The molecule has 0 radical (unpaired) electrons. The molecule has 0 aliphatic carbocycles. The molecule has 1 atom stereocenters. The second-order valence-electron chi connectivity index (χ2n) is 9.53. The molecule has 6 rings (SSSR count). The average Bonchev–Trinajstić information content (AvgIpc) is 3.57.